The van der Waals surface area contributed by atoms with Gasteiger partial charge in [0, 0.05) is 49.4 Å². The number of Topliss-reactive ketones (excluding diaryl/α,β-unsaturated/α-hetero) is 1. The number of carbonyl (C=O) groups is 4. The van der Waals surface area contributed by atoms with E-state index in [1.54, 1.807) is 36.6 Å². The lowest BCUT2D eigenvalue weighted by Gasteiger charge is -2.39. The van der Waals surface area contributed by atoms with Gasteiger partial charge >= 0.3 is 5.97 Å². The van der Waals surface area contributed by atoms with Crippen molar-refractivity contribution in [1.82, 2.24) is 20.5 Å². The van der Waals surface area contributed by atoms with Crippen LogP contribution in [0.3, 0.4) is 0 Å². The second-order valence-corrected chi connectivity index (χ2v) is 16.2. The smallest absolute Gasteiger partial charge is 0.306 e. The lowest BCUT2D eigenvalue weighted by Crippen LogP contribution is -2.50. The van der Waals surface area contributed by atoms with E-state index in [1.807, 2.05) is 18.9 Å². The van der Waals surface area contributed by atoms with Gasteiger partial charge in [0.15, 0.2) is 5.78 Å². The number of hydrogen-bond acceptors (Lipinski definition) is 9. The van der Waals surface area contributed by atoms with Gasteiger partial charge in [0.1, 0.15) is 22.6 Å². The van der Waals surface area contributed by atoms with Crippen LogP contribution in [0.15, 0.2) is 29.6 Å². The van der Waals surface area contributed by atoms with Crippen molar-refractivity contribution < 1.29 is 34.1 Å². The number of rotatable bonds is 26. The van der Waals surface area contributed by atoms with Crippen LogP contribution in [0.4, 0.5) is 0 Å². The molecule has 1 heterocycles. The third kappa shape index (κ3) is 14.1. The first-order chi connectivity index (χ1) is 25.6. The molecule has 2 rings (SSSR count). The summed E-state index contributed by atoms with van der Waals surface area (Å²) >= 11 is 1.33. The zero-order chi connectivity index (χ0) is 40.5. The number of aliphatic carboxylic acids is 1. The van der Waals surface area contributed by atoms with Gasteiger partial charge in [-0.25, -0.2) is 4.98 Å². The number of aromatic hydroxyl groups is 1. The minimum atomic E-state index is -0.947. The number of ether oxygens (including phenoxy) is 1. The third-order valence-corrected chi connectivity index (χ3v) is 11.6. The van der Waals surface area contributed by atoms with Gasteiger partial charge in [0.2, 0.25) is 5.91 Å². The van der Waals surface area contributed by atoms with Crippen molar-refractivity contribution in [1.29, 1.82) is 0 Å². The molecule has 11 nitrogen and oxygen atoms in total. The first kappa shape index (κ1) is 46.8. The Kier molecular flexibility index (Phi) is 20.4. The van der Waals surface area contributed by atoms with Crippen LogP contribution in [0.2, 0.25) is 0 Å². The summed E-state index contributed by atoms with van der Waals surface area (Å²) < 4.78 is 6.42. The number of carboxylic acids is 1. The van der Waals surface area contributed by atoms with Crippen LogP contribution in [0, 0.1) is 29.6 Å². The fourth-order valence-corrected chi connectivity index (χ4v) is 7.83. The molecule has 0 fully saturated rings. The van der Waals surface area contributed by atoms with Gasteiger partial charge in [0.05, 0.1) is 12.0 Å². The molecular formula is C42H68N4O7S. The quantitative estimate of drug-likeness (QED) is 0.0753. The van der Waals surface area contributed by atoms with Gasteiger partial charge in [-0.1, -0.05) is 87.3 Å². The highest BCUT2D eigenvalue weighted by atomic mass is 32.1. The lowest BCUT2D eigenvalue weighted by molar-refractivity contribution is -0.144. The molecule has 4 N–H and O–H groups in total. The van der Waals surface area contributed by atoms with Crippen LogP contribution in [0.1, 0.15) is 134 Å². The predicted molar refractivity (Wildman–Crippen MR) is 216 cm³/mol. The van der Waals surface area contributed by atoms with Crippen LogP contribution in [0.25, 0.3) is 0 Å². The first-order valence-electron chi connectivity index (χ1n) is 20.0. The number of phenols is 1. The van der Waals surface area contributed by atoms with E-state index in [0.717, 1.165) is 31.2 Å². The Labute approximate surface area is 328 Å². The Morgan fingerprint density at radius 2 is 1.57 bits per heavy atom. The molecule has 0 radical (unpaired) electrons. The summed E-state index contributed by atoms with van der Waals surface area (Å²) in [6, 6.07) is 5.64. The van der Waals surface area contributed by atoms with E-state index in [-0.39, 0.29) is 65.8 Å². The summed E-state index contributed by atoms with van der Waals surface area (Å²) in [5, 5.41) is 27.9. The van der Waals surface area contributed by atoms with Crippen molar-refractivity contribution in [3.05, 3.63) is 45.9 Å². The van der Waals surface area contributed by atoms with Gasteiger partial charge in [-0.2, -0.15) is 0 Å². The largest absolute Gasteiger partial charge is 0.508 e. The molecule has 0 bridgehead atoms. The second-order valence-electron chi connectivity index (χ2n) is 15.3. The van der Waals surface area contributed by atoms with Crippen molar-refractivity contribution >= 4 is 34.9 Å². The summed E-state index contributed by atoms with van der Waals surface area (Å²) in [5.41, 5.74) is 1.07. The van der Waals surface area contributed by atoms with E-state index in [4.69, 9.17) is 9.72 Å². The first-order valence-corrected chi connectivity index (χ1v) is 20.9. The van der Waals surface area contributed by atoms with E-state index < -0.39 is 35.9 Å². The minimum absolute atomic E-state index is 0.000890. The molecule has 0 aliphatic carbocycles. The highest BCUT2D eigenvalue weighted by Crippen LogP contribution is 2.33. The topological polar surface area (TPSA) is 158 Å². The highest BCUT2D eigenvalue weighted by Gasteiger charge is 2.38. The van der Waals surface area contributed by atoms with Gasteiger partial charge < -0.3 is 30.5 Å². The number of nitrogens with zero attached hydrogens (tertiary/aromatic N) is 2. The number of carboxylic acid groups (broad SMARTS) is 1. The Balaban J connectivity index is 2.41. The normalized spacial score (nSPS) is 16.1. The van der Waals surface area contributed by atoms with E-state index in [2.05, 4.69) is 59.1 Å². The average molecular weight is 773 g/mol. The number of likely N-dealkylation sites (N-methyl/N-ethyl adjacent to an activating group) is 1. The standard InChI is InChI=1S/C42H68N4O7S/c1-11-19-46(41(50)33(27(7)13-3)23-36(48)38(43-10)28(8)14-4)35(26(5)6)24-37(53-20-12-2)40-45-34(25-54-40)39(49)44-31(21-29(9)42(51)52)22-30-15-17-32(47)18-16-30/h15-18,25-29,31,33,35,37-38,43,47H,11-14,19-24H2,1-10H3,(H,44,49)(H,51,52)/t27-,28-,29-,31+,33-,35+,37+,38+/m0/s1. The lowest BCUT2D eigenvalue weighted by atomic mass is 9.82. The molecule has 0 saturated heterocycles. The molecule has 0 aliphatic rings. The zero-order valence-electron chi connectivity index (χ0n) is 34.4. The number of nitrogens with one attached hydrogen (secondary N) is 2. The van der Waals surface area contributed by atoms with Crippen molar-refractivity contribution in [2.24, 2.45) is 29.6 Å². The maximum Gasteiger partial charge on any atom is 0.306 e. The van der Waals surface area contributed by atoms with Crippen LogP contribution in [-0.4, -0.2) is 82.0 Å². The fourth-order valence-electron chi connectivity index (χ4n) is 6.97. The van der Waals surface area contributed by atoms with Gasteiger partial charge in [-0.3, -0.25) is 19.2 Å². The van der Waals surface area contributed by atoms with Crippen LogP contribution < -0.4 is 10.6 Å². The molecule has 54 heavy (non-hydrogen) atoms. The Bertz CT molecular complexity index is 1450. The minimum Gasteiger partial charge on any atom is -0.508 e. The van der Waals surface area contributed by atoms with Gasteiger partial charge in [-0.15, -0.1) is 11.3 Å². The number of hydrogen-bond donors (Lipinski definition) is 4. The molecule has 0 spiro atoms. The van der Waals surface area contributed by atoms with Gasteiger partial charge in [0.25, 0.3) is 5.91 Å². The summed E-state index contributed by atoms with van der Waals surface area (Å²) in [4.78, 5) is 60.4. The molecule has 0 saturated carbocycles. The number of ketones is 1. The van der Waals surface area contributed by atoms with Crippen molar-refractivity contribution in [3.63, 3.8) is 0 Å². The predicted octanol–water partition coefficient (Wildman–Crippen LogP) is 7.68. The number of benzene rings is 1. The molecule has 12 heteroatoms. The number of carbonyl (C=O) groups excluding carboxylic acids is 3. The summed E-state index contributed by atoms with van der Waals surface area (Å²) in [7, 11) is 1.81. The zero-order valence-corrected chi connectivity index (χ0v) is 35.2. The van der Waals surface area contributed by atoms with E-state index in [0.29, 0.717) is 31.0 Å². The van der Waals surface area contributed by atoms with Crippen molar-refractivity contribution in [2.45, 2.75) is 138 Å². The molecule has 8 atom stereocenters. The molecule has 1 aromatic carbocycles. The number of aromatic nitrogens is 1. The van der Waals surface area contributed by atoms with E-state index >= 15 is 0 Å². The second kappa shape index (κ2) is 23.5. The number of phenolic OH excluding ortho intramolecular Hbond substituents is 1. The van der Waals surface area contributed by atoms with Crippen LogP contribution in [-0.2, 0) is 25.5 Å². The molecule has 2 aromatic rings. The summed E-state index contributed by atoms with van der Waals surface area (Å²) in [5.74, 6) is -2.03. The van der Waals surface area contributed by atoms with Gasteiger partial charge in [-0.05, 0) is 68.2 Å². The number of amides is 2. The SMILES string of the molecule is CCCO[C@H](C[C@H](C(C)C)N(CCC)C(=O)[C@@H](CC(=O)[C@H](NC)[C@@H](C)CC)[C@@H](C)CC)c1nc(C(=O)N[C@@H](Cc2ccc(O)cc2)C[C@H](C)C(=O)O)cs1. The van der Waals surface area contributed by atoms with Crippen molar-refractivity contribution in [3.8, 4) is 5.75 Å². The Morgan fingerprint density at radius 1 is 0.926 bits per heavy atom. The monoisotopic (exact) mass is 772 g/mol. The Hall–Kier alpha value is -3.35. The Morgan fingerprint density at radius 3 is 2.11 bits per heavy atom. The van der Waals surface area contributed by atoms with Crippen LogP contribution >= 0.6 is 11.3 Å². The maximum absolute atomic E-state index is 14.7. The fraction of sp³-hybridized carbons (Fsp3) is 0.690. The number of thiazole rings is 1. The highest BCUT2D eigenvalue weighted by molar-refractivity contribution is 7.09. The molecule has 0 unspecified atom stereocenters. The molecule has 2 amide bonds. The van der Waals surface area contributed by atoms with Crippen molar-refractivity contribution in [2.75, 3.05) is 20.2 Å². The van der Waals surface area contributed by atoms with E-state index in [1.165, 1.54) is 11.3 Å². The molecule has 0 aliphatic heterocycles. The third-order valence-electron chi connectivity index (χ3n) is 10.7. The van der Waals surface area contributed by atoms with E-state index in [9.17, 15) is 29.4 Å². The molecule has 304 valence electrons. The summed E-state index contributed by atoms with van der Waals surface area (Å²) in [6.45, 7) is 19.2. The summed E-state index contributed by atoms with van der Waals surface area (Å²) in [6.07, 6.45) is 3.97. The maximum atomic E-state index is 14.7. The average Bonchev–Trinajstić information content (AvgIpc) is 3.64. The molecule has 1 aromatic heterocycles. The molecular weight excluding hydrogens is 705 g/mol. The van der Waals surface area contributed by atoms with Crippen LogP contribution in [0.5, 0.6) is 5.75 Å².